The minimum absolute atomic E-state index is 0.00303. The highest BCUT2D eigenvalue weighted by atomic mass is 19.1. The first-order valence-electron chi connectivity index (χ1n) is 7.01. The first kappa shape index (κ1) is 15.4. The van der Waals surface area contributed by atoms with Crippen LogP contribution in [0.25, 0.3) is 0 Å². The lowest BCUT2D eigenvalue weighted by Gasteiger charge is -2.23. The maximum absolute atomic E-state index is 13.8. The van der Waals surface area contributed by atoms with Gasteiger partial charge in [0.1, 0.15) is 17.4 Å². The van der Waals surface area contributed by atoms with Crippen molar-refractivity contribution >= 4 is 0 Å². The van der Waals surface area contributed by atoms with E-state index in [1.54, 1.807) is 19.1 Å². The Kier molecular flexibility index (Phi) is 4.91. The van der Waals surface area contributed by atoms with Gasteiger partial charge in [0.15, 0.2) is 0 Å². The summed E-state index contributed by atoms with van der Waals surface area (Å²) in [4.78, 5) is 0. The zero-order chi connectivity index (χ0) is 15.4. The van der Waals surface area contributed by atoms with E-state index in [0.717, 1.165) is 24.1 Å². The van der Waals surface area contributed by atoms with E-state index in [0.29, 0.717) is 5.56 Å². The molecule has 2 N–H and O–H groups in total. The molecule has 2 nitrogen and oxygen atoms in total. The maximum Gasteiger partial charge on any atom is 0.128 e. The van der Waals surface area contributed by atoms with Gasteiger partial charge in [-0.1, -0.05) is 19.1 Å². The normalized spacial score (nSPS) is 13.9. The maximum atomic E-state index is 13.8. The molecule has 0 heterocycles. The Bertz CT molecular complexity index is 598. The number of benzene rings is 2. The Morgan fingerprint density at radius 3 is 2.38 bits per heavy atom. The highest BCUT2D eigenvalue weighted by Gasteiger charge is 2.17. The molecular weight excluding hydrogens is 272 g/mol. The van der Waals surface area contributed by atoms with Gasteiger partial charge in [-0.15, -0.1) is 0 Å². The van der Waals surface area contributed by atoms with E-state index in [9.17, 15) is 13.9 Å². The average molecular weight is 291 g/mol. The van der Waals surface area contributed by atoms with Crippen LogP contribution in [-0.2, 0) is 0 Å². The molecule has 2 unspecified atom stereocenters. The third kappa shape index (κ3) is 3.79. The number of aromatic hydroxyl groups is 1. The van der Waals surface area contributed by atoms with Crippen molar-refractivity contribution in [1.29, 1.82) is 0 Å². The van der Waals surface area contributed by atoms with E-state index in [4.69, 9.17) is 0 Å². The summed E-state index contributed by atoms with van der Waals surface area (Å²) in [7, 11) is 0. The molecule has 0 spiro atoms. The van der Waals surface area contributed by atoms with Crippen molar-refractivity contribution in [3.63, 3.8) is 0 Å². The van der Waals surface area contributed by atoms with E-state index in [1.165, 1.54) is 6.07 Å². The molecule has 0 aliphatic heterocycles. The second-order valence-electron chi connectivity index (χ2n) is 5.11. The van der Waals surface area contributed by atoms with Crippen molar-refractivity contribution in [2.24, 2.45) is 0 Å². The Balaban J connectivity index is 2.17. The van der Waals surface area contributed by atoms with E-state index in [1.807, 2.05) is 19.1 Å². The number of halogens is 2. The topological polar surface area (TPSA) is 32.3 Å². The van der Waals surface area contributed by atoms with Crippen LogP contribution < -0.4 is 5.32 Å². The zero-order valence-corrected chi connectivity index (χ0v) is 12.1. The van der Waals surface area contributed by atoms with Crippen molar-refractivity contribution in [2.75, 3.05) is 0 Å². The molecular formula is C17H19F2NO. The summed E-state index contributed by atoms with van der Waals surface area (Å²) in [6.45, 7) is 3.82. The summed E-state index contributed by atoms with van der Waals surface area (Å²) in [6.07, 6.45) is 0.798. The number of nitrogens with one attached hydrogen (secondary N) is 1. The molecule has 0 aliphatic carbocycles. The lowest BCUT2D eigenvalue weighted by molar-refractivity contribution is 0.438. The largest absolute Gasteiger partial charge is 0.508 e. The lowest BCUT2D eigenvalue weighted by Crippen LogP contribution is -2.25. The van der Waals surface area contributed by atoms with Crippen LogP contribution in [0.1, 0.15) is 43.5 Å². The fraction of sp³-hybridized carbons (Fsp3) is 0.294. The minimum atomic E-state index is -0.447. The summed E-state index contributed by atoms with van der Waals surface area (Å²) < 4.78 is 27.1. The predicted octanol–water partition coefficient (Wildman–Crippen LogP) is 4.47. The molecule has 0 amide bonds. The van der Waals surface area contributed by atoms with Crippen LogP contribution in [0.4, 0.5) is 8.78 Å². The Labute approximate surface area is 123 Å². The van der Waals surface area contributed by atoms with Crippen LogP contribution in [0, 0.1) is 11.6 Å². The van der Waals surface area contributed by atoms with Crippen molar-refractivity contribution < 1.29 is 13.9 Å². The SMILES string of the molecule is CCC(NC(C)c1cc(F)ccc1F)c1ccc(O)cc1. The standard InChI is InChI=1S/C17H19F2NO/c1-3-17(12-4-7-14(21)8-5-12)20-11(2)15-10-13(18)6-9-16(15)19/h4-11,17,20-21H,3H2,1-2H3. The number of rotatable bonds is 5. The van der Waals surface area contributed by atoms with E-state index in [-0.39, 0.29) is 17.8 Å². The fourth-order valence-corrected chi connectivity index (χ4v) is 2.39. The number of phenolic OH excluding ortho intramolecular Hbond substituents is 1. The summed E-state index contributed by atoms with van der Waals surface area (Å²) in [6, 6.07) is 10.0. The second-order valence-corrected chi connectivity index (χ2v) is 5.11. The summed E-state index contributed by atoms with van der Waals surface area (Å²) in [5, 5.41) is 12.6. The number of hydrogen-bond acceptors (Lipinski definition) is 2. The van der Waals surface area contributed by atoms with Crippen LogP contribution in [0.5, 0.6) is 5.75 Å². The minimum Gasteiger partial charge on any atom is -0.508 e. The first-order valence-corrected chi connectivity index (χ1v) is 7.01. The van der Waals surface area contributed by atoms with Gasteiger partial charge >= 0.3 is 0 Å². The molecule has 2 rings (SSSR count). The van der Waals surface area contributed by atoms with Crippen LogP contribution in [0.3, 0.4) is 0 Å². The molecule has 0 saturated heterocycles. The Morgan fingerprint density at radius 1 is 1.10 bits per heavy atom. The molecule has 112 valence electrons. The van der Waals surface area contributed by atoms with Gasteiger partial charge in [-0.2, -0.15) is 0 Å². The van der Waals surface area contributed by atoms with E-state index < -0.39 is 11.6 Å². The molecule has 0 bridgehead atoms. The molecule has 0 saturated carbocycles. The van der Waals surface area contributed by atoms with Crippen molar-refractivity contribution in [2.45, 2.75) is 32.4 Å². The van der Waals surface area contributed by atoms with Gasteiger partial charge in [-0.3, -0.25) is 0 Å². The Hall–Kier alpha value is -1.94. The van der Waals surface area contributed by atoms with Crippen LogP contribution >= 0.6 is 0 Å². The highest BCUT2D eigenvalue weighted by Crippen LogP contribution is 2.25. The van der Waals surface area contributed by atoms with Gasteiger partial charge in [0.05, 0.1) is 0 Å². The van der Waals surface area contributed by atoms with Gasteiger partial charge in [-0.05, 0) is 49.2 Å². The predicted molar refractivity (Wildman–Crippen MR) is 79.0 cm³/mol. The zero-order valence-electron chi connectivity index (χ0n) is 12.1. The Morgan fingerprint density at radius 2 is 1.76 bits per heavy atom. The molecule has 4 heteroatoms. The lowest BCUT2D eigenvalue weighted by atomic mass is 10.0. The molecule has 2 aromatic rings. The van der Waals surface area contributed by atoms with Gasteiger partial charge in [-0.25, -0.2) is 8.78 Å². The summed E-state index contributed by atoms with van der Waals surface area (Å²) in [5.41, 5.74) is 1.31. The third-order valence-electron chi connectivity index (χ3n) is 3.58. The van der Waals surface area contributed by atoms with Crippen molar-refractivity contribution in [1.82, 2.24) is 5.32 Å². The first-order chi connectivity index (χ1) is 10.0. The number of hydrogen-bond donors (Lipinski definition) is 2. The van der Waals surface area contributed by atoms with Crippen molar-refractivity contribution in [3.05, 3.63) is 65.2 Å². The summed E-state index contributed by atoms with van der Waals surface area (Å²) >= 11 is 0. The number of phenols is 1. The van der Waals surface area contributed by atoms with Crippen LogP contribution in [-0.4, -0.2) is 5.11 Å². The molecule has 0 aliphatic rings. The molecule has 0 aromatic heterocycles. The van der Waals surface area contributed by atoms with E-state index in [2.05, 4.69) is 5.32 Å². The second kappa shape index (κ2) is 6.68. The molecule has 0 fully saturated rings. The molecule has 0 radical (unpaired) electrons. The van der Waals surface area contributed by atoms with Crippen LogP contribution in [0.15, 0.2) is 42.5 Å². The highest BCUT2D eigenvalue weighted by molar-refractivity contribution is 5.29. The molecule has 2 aromatic carbocycles. The van der Waals surface area contributed by atoms with Gasteiger partial charge in [0, 0.05) is 17.6 Å². The smallest absolute Gasteiger partial charge is 0.128 e. The fourth-order valence-electron chi connectivity index (χ4n) is 2.39. The van der Waals surface area contributed by atoms with Gasteiger partial charge < -0.3 is 10.4 Å². The van der Waals surface area contributed by atoms with Gasteiger partial charge in [0.2, 0.25) is 0 Å². The van der Waals surface area contributed by atoms with Crippen molar-refractivity contribution in [3.8, 4) is 5.75 Å². The van der Waals surface area contributed by atoms with E-state index >= 15 is 0 Å². The molecule has 2 atom stereocenters. The molecule has 21 heavy (non-hydrogen) atoms. The average Bonchev–Trinajstić information content (AvgIpc) is 2.48. The quantitative estimate of drug-likeness (QED) is 0.851. The summed E-state index contributed by atoms with van der Waals surface area (Å²) in [5.74, 6) is -0.660. The van der Waals surface area contributed by atoms with Gasteiger partial charge in [0.25, 0.3) is 0 Å². The third-order valence-corrected chi connectivity index (χ3v) is 3.58. The van der Waals surface area contributed by atoms with Crippen LogP contribution in [0.2, 0.25) is 0 Å². The monoisotopic (exact) mass is 291 g/mol.